The number of rotatable bonds is 1. The van der Waals surface area contributed by atoms with Crippen molar-refractivity contribution in [2.24, 2.45) is 17.3 Å². The molecule has 2 unspecified atom stereocenters. The third kappa shape index (κ3) is 1.86. The summed E-state index contributed by atoms with van der Waals surface area (Å²) in [5.74, 6) is 4.89. The number of terminal acetylenes is 1. The number of aromatic hydroxyl groups is 1. The Morgan fingerprint density at radius 3 is 2.83 bits per heavy atom. The Labute approximate surface area is 138 Å². The molecular formula is C21H26O2. The molecule has 0 heterocycles. The molecule has 0 aliphatic heterocycles. The first kappa shape index (κ1) is 15.1. The summed E-state index contributed by atoms with van der Waals surface area (Å²) < 4.78 is 0. The number of benzene rings is 1. The van der Waals surface area contributed by atoms with Crippen LogP contribution in [0, 0.1) is 29.6 Å². The minimum Gasteiger partial charge on any atom is -0.508 e. The van der Waals surface area contributed by atoms with E-state index in [0.717, 1.165) is 44.9 Å². The second-order valence-corrected chi connectivity index (χ2v) is 7.89. The Morgan fingerprint density at radius 1 is 1.26 bits per heavy atom. The Bertz CT molecular complexity index is 673. The quantitative estimate of drug-likeness (QED) is 0.770. The van der Waals surface area contributed by atoms with Crippen molar-refractivity contribution in [1.82, 2.24) is 0 Å². The van der Waals surface area contributed by atoms with E-state index in [-0.39, 0.29) is 5.41 Å². The largest absolute Gasteiger partial charge is 0.508 e. The summed E-state index contributed by atoms with van der Waals surface area (Å²) in [6, 6.07) is 5.90. The van der Waals surface area contributed by atoms with Crippen molar-refractivity contribution in [2.45, 2.75) is 63.4 Å². The van der Waals surface area contributed by atoms with Crippen LogP contribution >= 0.6 is 0 Å². The van der Waals surface area contributed by atoms with Crippen LogP contribution in [0.5, 0.6) is 5.75 Å². The maximum absolute atomic E-state index is 11.1. The third-order valence-electron chi connectivity index (χ3n) is 7.43. The maximum atomic E-state index is 11.1. The van der Waals surface area contributed by atoms with E-state index in [1.54, 1.807) is 0 Å². The van der Waals surface area contributed by atoms with E-state index < -0.39 is 5.60 Å². The molecule has 1 aromatic carbocycles. The number of hydrogen-bond acceptors (Lipinski definition) is 2. The highest BCUT2D eigenvalue weighted by molar-refractivity contribution is 5.40. The summed E-state index contributed by atoms with van der Waals surface area (Å²) in [6.07, 6.45) is 12.9. The minimum atomic E-state index is -0.910. The normalized spacial score (nSPS) is 41.5. The van der Waals surface area contributed by atoms with Gasteiger partial charge in [-0.05, 0) is 86.0 Å². The topological polar surface area (TPSA) is 40.5 Å². The fourth-order valence-electron chi connectivity index (χ4n) is 6.35. The molecule has 3 aliphatic rings. The molecule has 3 aliphatic carbocycles. The van der Waals surface area contributed by atoms with Gasteiger partial charge < -0.3 is 10.2 Å². The molecule has 2 nitrogen and oxygen atoms in total. The van der Waals surface area contributed by atoms with Crippen LogP contribution in [0.25, 0.3) is 0 Å². The highest BCUT2D eigenvalue weighted by Crippen LogP contribution is 2.65. The van der Waals surface area contributed by atoms with E-state index in [2.05, 4.69) is 18.9 Å². The summed E-state index contributed by atoms with van der Waals surface area (Å²) in [6.45, 7) is 2.20. The van der Waals surface area contributed by atoms with Gasteiger partial charge in [-0.25, -0.2) is 0 Å². The number of hydrogen-bond donors (Lipinski definition) is 2. The van der Waals surface area contributed by atoms with Gasteiger partial charge in [0.1, 0.15) is 11.4 Å². The van der Waals surface area contributed by atoms with Gasteiger partial charge >= 0.3 is 0 Å². The predicted octanol–water partition coefficient (Wildman–Crippen LogP) is 4.00. The van der Waals surface area contributed by atoms with E-state index in [1.165, 1.54) is 11.1 Å². The molecule has 2 fully saturated rings. The number of phenols is 1. The van der Waals surface area contributed by atoms with Gasteiger partial charge in [0.15, 0.2) is 0 Å². The highest BCUT2D eigenvalue weighted by atomic mass is 16.3. The molecule has 0 bridgehead atoms. The number of fused-ring (bicyclic) bond motifs is 5. The van der Waals surface area contributed by atoms with Gasteiger partial charge in [0.2, 0.25) is 0 Å². The van der Waals surface area contributed by atoms with Crippen molar-refractivity contribution in [1.29, 1.82) is 0 Å². The van der Waals surface area contributed by atoms with E-state index in [4.69, 9.17) is 6.42 Å². The fraction of sp³-hybridized carbons (Fsp3) is 0.619. The van der Waals surface area contributed by atoms with Crippen LogP contribution in [0.1, 0.15) is 62.5 Å². The van der Waals surface area contributed by atoms with Gasteiger partial charge in [-0.3, -0.25) is 0 Å². The van der Waals surface area contributed by atoms with Crippen LogP contribution in [-0.4, -0.2) is 15.8 Å². The third-order valence-corrected chi connectivity index (χ3v) is 7.43. The van der Waals surface area contributed by atoms with Gasteiger partial charge in [0, 0.05) is 5.41 Å². The molecule has 122 valence electrons. The molecule has 1 aromatic rings. The molecule has 0 aromatic heterocycles. The Balaban J connectivity index is 1.74. The molecular weight excluding hydrogens is 284 g/mol. The van der Waals surface area contributed by atoms with Crippen LogP contribution in [0.4, 0.5) is 0 Å². The SMILES string of the molecule is C#CC1(O)CC[C@H]2[C@@H]3CCc4cc(O)ccc4[C@H]3CCC21CC. The smallest absolute Gasteiger partial charge is 0.131 e. The van der Waals surface area contributed by atoms with Gasteiger partial charge in [-0.2, -0.15) is 0 Å². The summed E-state index contributed by atoms with van der Waals surface area (Å²) in [4.78, 5) is 0. The predicted molar refractivity (Wildman–Crippen MR) is 91.1 cm³/mol. The first-order valence-corrected chi connectivity index (χ1v) is 9.06. The van der Waals surface area contributed by atoms with Gasteiger partial charge in [-0.1, -0.05) is 18.9 Å². The minimum absolute atomic E-state index is 0.0860. The number of phenolic OH excluding ortho intramolecular Hbond substituents is 1. The standard InChI is InChI=1S/C21H26O2/c1-3-20-11-9-17-16-8-6-15(22)13-14(16)5-7-18(17)19(20)10-12-21(20,23)4-2/h2,6,8,13,17-19,22-23H,3,5,7,9-12H2,1H3/t17-,18-,19+,20?,21?/m1/s1. The molecule has 5 atom stereocenters. The van der Waals surface area contributed by atoms with Crippen molar-refractivity contribution in [3.63, 3.8) is 0 Å². The molecule has 0 amide bonds. The van der Waals surface area contributed by atoms with E-state index in [9.17, 15) is 10.2 Å². The second-order valence-electron chi connectivity index (χ2n) is 7.89. The Hall–Kier alpha value is -1.46. The lowest BCUT2D eigenvalue weighted by Gasteiger charge is -2.53. The average Bonchev–Trinajstić information content (AvgIpc) is 2.88. The van der Waals surface area contributed by atoms with Crippen LogP contribution in [0.15, 0.2) is 18.2 Å². The van der Waals surface area contributed by atoms with Crippen molar-refractivity contribution < 1.29 is 10.2 Å². The lowest BCUT2D eigenvalue weighted by Crippen LogP contribution is -2.51. The number of aryl methyl sites for hydroxylation is 1. The molecule has 2 N–H and O–H groups in total. The number of aliphatic hydroxyl groups is 1. The van der Waals surface area contributed by atoms with Crippen LogP contribution in [0.2, 0.25) is 0 Å². The summed E-state index contributed by atoms with van der Waals surface area (Å²) in [5.41, 5.74) is 1.75. The first-order valence-electron chi connectivity index (χ1n) is 9.06. The van der Waals surface area contributed by atoms with Gasteiger partial charge in [0.25, 0.3) is 0 Å². The van der Waals surface area contributed by atoms with Crippen molar-refractivity contribution in [3.05, 3.63) is 29.3 Å². The lowest BCUT2D eigenvalue weighted by molar-refractivity contribution is -0.0799. The molecule has 2 heteroatoms. The summed E-state index contributed by atoms with van der Waals surface area (Å²) >= 11 is 0. The zero-order chi connectivity index (χ0) is 16.2. The van der Waals surface area contributed by atoms with Crippen molar-refractivity contribution >= 4 is 0 Å². The molecule has 0 saturated heterocycles. The Kier molecular flexibility index (Phi) is 3.29. The molecule has 2 saturated carbocycles. The maximum Gasteiger partial charge on any atom is 0.131 e. The van der Waals surface area contributed by atoms with E-state index >= 15 is 0 Å². The molecule has 0 spiro atoms. The van der Waals surface area contributed by atoms with Gasteiger partial charge in [0.05, 0.1) is 0 Å². The molecule has 0 radical (unpaired) electrons. The molecule has 23 heavy (non-hydrogen) atoms. The zero-order valence-electron chi connectivity index (χ0n) is 13.9. The Morgan fingerprint density at radius 2 is 2.09 bits per heavy atom. The van der Waals surface area contributed by atoms with Crippen LogP contribution in [0.3, 0.4) is 0 Å². The highest BCUT2D eigenvalue weighted by Gasteiger charge is 2.62. The van der Waals surface area contributed by atoms with E-state index in [1.807, 2.05) is 12.1 Å². The van der Waals surface area contributed by atoms with Crippen LogP contribution < -0.4 is 0 Å². The zero-order valence-corrected chi connectivity index (χ0v) is 13.9. The average molecular weight is 310 g/mol. The monoisotopic (exact) mass is 310 g/mol. The lowest BCUT2D eigenvalue weighted by atomic mass is 9.52. The summed E-state index contributed by atoms with van der Waals surface area (Å²) in [5, 5.41) is 20.9. The van der Waals surface area contributed by atoms with Crippen molar-refractivity contribution in [2.75, 3.05) is 0 Å². The second kappa shape index (κ2) is 5.02. The first-order chi connectivity index (χ1) is 11.0. The van der Waals surface area contributed by atoms with Crippen LogP contribution in [-0.2, 0) is 6.42 Å². The van der Waals surface area contributed by atoms with Crippen molar-refractivity contribution in [3.8, 4) is 18.1 Å². The summed E-state index contributed by atoms with van der Waals surface area (Å²) in [7, 11) is 0. The molecule has 4 rings (SSSR count). The fourth-order valence-corrected chi connectivity index (χ4v) is 6.35. The van der Waals surface area contributed by atoms with E-state index in [0.29, 0.717) is 23.5 Å². The van der Waals surface area contributed by atoms with Gasteiger partial charge in [-0.15, -0.1) is 6.42 Å².